The Balaban J connectivity index is 2.40. The maximum absolute atomic E-state index is 11.7. The quantitative estimate of drug-likeness (QED) is 0.470. The third-order valence-electron chi connectivity index (χ3n) is 2.72. The fourth-order valence-corrected chi connectivity index (χ4v) is 1.86. The number of carbonyl (C=O) groups is 3. The summed E-state index contributed by atoms with van der Waals surface area (Å²) < 4.78 is 0. The molecule has 0 aromatic heterocycles. The van der Waals surface area contributed by atoms with Crippen LogP contribution < -0.4 is 11.1 Å². The summed E-state index contributed by atoms with van der Waals surface area (Å²) >= 11 is 0. The molecule has 0 aliphatic carbocycles. The molecule has 8 heteroatoms. The summed E-state index contributed by atoms with van der Waals surface area (Å²) in [6.07, 6.45) is 0.499. The Kier molecular flexibility index (Phi) is 4.90. The maximum atomic E-state index is 11.7. The smallest absolute Gasteiger partial charge is 0.326 e. The molecule has 102 valence electrons. The Morgan fingerprint density at radius 2 is 2.00 bits per heavy atom. The van der Waals surface area contributed by atoms with Crippen LogP contribution in [0.4, 0.5) is 4.79 Å². The number of amides is 2. The lowest BCUT2D eigenvalue weighted by atomic mass is 10.2. The van der Waals surface area contributed by atoms with Gasteiger partial charge in [0.05, 0.1) is 0 Å². The second-order valence-corrected chi connectivity index (χ2v) is 4.23. The second-order valence-electron chi connectivity index (χ2n) is 4.23. The van der Waals surface area contributed by atoms with E-state index in [0.717, 1.165) is 0 Å². The number of carbonyl (C=O) groups excluding carboxylic acids is 1. The van der Waals surface area contributed by atoms with Gasteiger partial charge in [-0.3, -0.25) is 4.79 Å². The summed E-state index contributed by atoms with van der Waals surface area (Å²) in [5, 5.41) is 19.9. The number of aliphatic carboxylic acids is 2. The number of nitrogens with zero attached hydrogens (tertiary/aromatic N) is 1. The lowest BCUT2D eigenvalue weighted by Crippen LogP contribution is -2.46. The molecule has 0 bridgehead atoms. The van der Waals surface area contributed by atoms with E-state index in [9.17, 15) is 14.4 Å². The first-order valence-electron chi connectivity index (χ1n) is 5.66. The number of hydrogen-bond donors (Lipinski definition) is 4. The molecular formula is C10H17N3O5. The average molecular weight is 259 g/mol. The Labute approximate surface area is 104 Å². The van der Waals surface area contributed by atoms with Crippen LogP contribution in [0.2, 0.25) is 0 Å². The van der Waals surface area contributed by atoms with Gasteiger partial charge in [-0.1, -0.05) is 0 Å². The van der Waals surface area contributed by atoms with Crippen molar-refractivity contribution in [2.24, 2.45) is 5.73 Å². The number of nitrogens with one attached hydrogen (secondary N) is 1. The molecule has 0 aromatic rings. The minimum Gasteiger partial charge on any atom is -0.481 e. The van der Waals surface area contributed by atoms with E-state index in [4.69, 9.17) is 15.9 Å². The van der Waals surface area contributed by atoms with Crippen molar-refractivity contribution in [3.05, 3.63) is 0 Å². The molecule has 1 rings (SSSR count). The molecule has 1 aliphatic heterocycles. The molecule has 5 N–H and O–H groups in total. The minimum absolute atomic E-state index is 0.0395. The van der Waals surface area contributed by atoms with Gasteiger partial charge in [0.2, 0.25) is 0 Å². The number of hydrogen-bond acceptors (Lipinski definition) is 4. The van der Waals surface area contributed by atoms with Crippen molar-refractivity contribution >= 4 is 18.0 Å². The van der Waals surface area contributed by atoms with Gasteiger partial charge in [0.25, 0.3) is 0 Å². The highest BCUT2D eigenvalue weighted by Crippen LogP contribution is 2.16. The summed E-state index contributed by atoms with van der Waals surface area (Å²) in [5.74, 6) is -2.01. The summed E-state index contributed by atoms with van der Waals surface area (Å²) in [6, 6.07) is -1.75. The number of rotatable bonds is 5. The van der Waals surface area contributed by atoms with Crippen LogP contribution in [-0.4, -0.2) is 58.3 Å². The van der Waals surface area contributed by atoms with Gasteiger partial charge in [-0.05, 0) is 12.8 Å². The molecule has 1 saturated heterocycles. The highest BCUT2D eigenvalue weighted by Gasteiger charge is 2.37. The molecule has 0 aromatic carbocycles. The molecule has 0 saturated carbocycles. The van der Waals surface area contributed by atoms with E-state index in [0.29, 0.717) is 6.42 Å². The van der Waals surface area contributed by atoms with Crippen LogP contribution in [0.5, 0.6) is 0 Å². The molecule has 1 fully saturated rings. The Hall–Kier alpha value is -1.83. The highest BCUT2D eigenvalue weighted by molar-refractivity contribution is 5.83. The molecule has 0 radical (unpaired) electrons. The van der Waals surface area contributed by atoms with E-state index >= 15 is 0 Å². The molecule has 2 atom stereocenters. The number of carboxylic acid groups (broad SMARTS) is 2. The van der Waals surface area contributed by atoms with Crippen molar-refractivity contribution < 1.29 is 24.6 Å². The van der Waals surface area contributed by atoms with E-state index < -0.39 is 24.0 Å². The molecule has 1 aliphatic rings. The normalized spacial score (nSPS) is 22.8. The second kappa shape index (κ2) is 6.20. The predicted molar refractivity (Wildman–Crippen MR) is 61.0 cm³/mol. The monoisotopic (exact) mass is 259 g/mol. The zero-order chi connectivity index (χ0) is 13.7. The van der Waals surface area contributed by atoms with Crippen molar-refractivity contribution in [2.75, 3.05) is 13.1 Å². The highest BCUT2D eigenvalue weighted by atomic mass is 16.4. The first kappa shape index (κ1) is 14.2. The molecule has 2 unspecified atom stereocenters. The first-order chi connectivity index (χ1) is 8.41. The summed E-state index contributed by atoms with van der Waals surface area (Å²) in [6.45, 7) is 0.394. The molecule has 8 nitrogen and oxygen atoms in total. The van der Waals surface area contributed by atoms with Gasteiger partial charge in [-0.2, -0.15) is 0 Å². The summed E-state index contributed by atoms with van der Waals surface area (Å²) in [7, 11) is 0. The Bertz CT molecular complexity index is 346. The number of carboxylic acids is 2. The zero-order valence-electron chi connectivity index (χ0n) is 9.83. The van der Waals surface area contributed by atoms with Crippen LogP contribution >= 0.6 is 0 Å². The van der Waals surface area contributed by atoms with E-state index in [2.05, 4.69) is 5.32 Å². The molecular weight excluding hydrogens is 242 g/mol. The third-order valence-corrected chi connectivity index (χ3v) is 2.72. The van der Waals surface area contributed by atoms with Crippen molar-refractivity contribution in [3.8, 4) is 0 Å². The fourth-order valence-electron chi connectivity index (χ4n) is 1.86. The van der Waals surface area contributed by atoms with E-state index in [1.165, 1.54) is 4.90 Å². The lowest BCUT2D eigenvalue weighted by Gasteiger charge is -2.21. The van der Waals surface area contributed by atoms with Crippen molar-refractivity contribution in [2.45, 2.75) is 31.3 Å². The van der Waals surface area contributed by atoms with Crippen LogP contribution in [0.25, 0.3) is 0 Å². The summed E-state index contributed by atoms with van der Waals surface area (Å²) in [5.41, 5.74) is 5.62. The van der Waals surface area contributed by atoms with E-state index in [1.807, 2.05) is 0 Å². The van der Waals surface area contributed by atoms with Gasteiger partial charge < -0.3 is 26.2 Å². The third kappa shape index (κ3) is 3.88. The van der Waals surface area contributed by atoms with Gasteiger partial charge >= 0.3 is 18.0 Å². The van der Waals surface area contributed by atoms with Crippen molar-refractivity contribution in [3.63, 3.8) is 0 Å². The van der Waals surface area contributed by atoms with E-state index in [-0.39, 0.29) is 32.0 Å². The summed E-state index contributed by atoms with van der Waals surface area (Å²) in [4.78, 5) is 34.1. The molecule has 1 heterocycles. The lowest BCUT2D eigenvalue weighted by molar-refractivity contribution is -0.141. The Morgan fingerprint density at radius 3 is 2.56 bits per heavy atom. The van der Waals surface area contributed by atoms with Crippen molar-refractivity contribution in [1.29, 1.82) is 0 Å². The van der Waals surface area contributed by atoms with Gasteiger partial charge in [0.1, 0.15) is 6.04 Å². The SMILES string of the molecule is NC1CC(C(=O)O)N(C(=O)NCCCC(=O)O)C1. The van der Waals surface area contributed by atoms with Crippen LogP contribution in [0, 0.1) is 0 Å². The van der Waals surface area contributed by atoms with Crippen LogP contribution in [0.3, 0.4) is 0 Å². The maximum Gasteiger partial charge on any atom is 0.326 e. The molecule has 0 spiro atoms. The zero-order valence-corrected chi connectivity index (χ0v) is 9.83. The number of likely N-dealkylation sites (tertiary alicyclic amines) is 1. The van der Waals surface area contributed by atoms with Crippen LogP contribution in [-0.2, 0) is 9.59 Å². The first-order valence-corrected chi connectivity index (χ1v) is 5.66. The largest absolute Gasteiger partial charge is 0.481 e. The van der Waals surface area contributed by atoms with E-state index in [1.54, 1.807) is 0 Å². The topological polar surface area (TPSA) is 133 Å². The molecule has 2 amide bonds. The van der Waals surface area contributed by atoms with Gasteiger partial charge in [-0.25, -0.2) is 9.59 Å². The van der Waals surface area contributed by atoms with Crippen LogP contribution in [0.15, 0.2) is 0 Å². The van der Waals surface area contributed by atoms with Gasteiger partial charge in [0, 0.05) is 25.6 Å². The molecule has 18 heavy (non-hydrogen) atoms. The Morgan fingerprint density at radius 1 is 1.33 bits per heavy atom. The minimum atomic E-state index is -1.08. The van der Waals surface area contributed by atoms with Crippen LogP contribution in [0.1, 0.15) is 19.3 Å². The number of nitrogens with two attached hydrogens (primary N) is 1. The number of urea groups is 1. The van der Waals surface area contributed by atoms with Gasteiger partial charge in [0.15, 0.2) is 0 Å². The van der Waals surface area contributed by atoms with Gasteiger partial charge in [-0.15, -0.1) is 0 Å². The standard InChI is InChI=1S/C10H17N3O5/c11-6-4-7(9(16)17)13(5-6)10(18)12-3-1-2-8(14)15/h6-7H,1-5,11H2,(H,12,18)(H,14,15)(H,16,17). The predicted octanol–water partition coefficient (Wildman–Crippen LogP) is -0.953. The fraction of sp³-hybridized carbons (Fsp3) is 0.700. The van der Waals surface area contributed by atoms with Crippen molar-refractivity contribution in [1.82, 2.24) is 10.2 Å². The average Bonchev–Trinajstić information content (AvgIpc) is 2.66.